The number of nitrogen functional groups attached to an aromatic ring is 1. The van der Waals surface area contributed by atoms with E-state index in [1.54, 1.807) is 0 Å². The SMILES string of the molecule is CCc1cc(N(C)C)cc(CC)c1N. The molecule has 2 nitrogen and oxygen atoms in total. The second-order valence-electron chi connectivity index (χ2n) is 3.78. The van der Waals surface area contributed by atoms with Crippen LogP contribution in [0.25, 0.3) is 0 Å². The Bertz CT molecular complexity index is 291. The van der Waals surface area contributed by atoms with Crippen LogP contribution in [-0.2, 0) is 12.8 Å². The maximum Gasteiger partial charge on any atom is 0.0380 e. The lowest BCUT2D eigenvalue weighted by molar-refractivity contribution is 1.06. The number of aryl methyl sites for hydroxylation is 2. The number of hydrogen-bond donors (Lipinski definition) is 1. The summed E-state index contributed by atoms with van der Waals surface area (Å²) in [5.74, 6) is 0. The fraction of sp³-hybridized carbons (Fsp3) is 0.500. The normalized spacial score (nSPS) is 10.3. The van der Waals surface area contributed by atoms with Gasteiger partial charge in [-0.05, 0) is 36.1 Å². The highest BCUT2D eigenvalue weighted by Gasteiger charge is 2.06. The highest BCUT2D eigenvalue weighted by atomic mass is 15.1. The number of hydrogen-bond acceptors (Lipinski definition) is 2. The second kappa shape index (κ2) is 4.36. The molecule has 0 saturated heterocycles. The Morgan fingerprint density at radius 1 is 1.07 bits per heavy atom. The van der Waals surface area contributed by atoms with Crippen LogP contribution in [0.3, 0.4) is 0 Å². The molecule has 0 atom stereocenters. The summed E-state index contributed by atoms with van der Waals surface area (Å²) in [6.07, 6.45) is 2.00. The maximum atomic E-state index is 6.05. The van der Waals surface area contributed by atoms with Gasteiger partial charge in [-0.15, -0.1) is 0 Å². The summed E-state index contributed by atoms with van der Waals surface area (Å²) in [7, 11) is 4.12. The molecular weight excluding hydrogens is 172 g/mol. The molecule has 2 heteroatoms. The van der Waals surface area contributed by atoms with Crippen molar-refractivity contribution in [1.82, 2.24) is 0 Å². The van der Waals surface area contributed by atoms with Crippen LogP contribution in [0.4, 0.5) is 11.4 Å². The lowest BCUT2D eigenvalue weighted by Crippen LogP contribution is -2.10. The van der Waals surface area contributed by atoms with Gasteiger partial charge in [0.15, 0.2) is 0 Å². The van der Waals surface area contributed by atoms with Gasteiger partial charge in [-0.3, -0.25) is 0 Å². The van der Waals surface area contributed by atoms with E-state index in [9.17, 15) is 0 Å². The summed E-state index contributed by atoms with van der Waals surface area (Å²) >= 11 is 0. The van der Waals surface area contributed by atoms with E-state index in [0.717, 1.165) is 18.5 Å². The summed E-state index contributed by atoms with van der Waals surface area (Å²) < 4.78 is 0. The van der Waals surface area contributed by atoms with Gasteiger partial charge in [0.25, 0.3) is 0 Å². The molecule has 0 bridgehead atoms. The van der Waals surface area contributed by atoms with Crippen molar-refractivity contribution in [3.8, 4) is 0 Å². The molecule has 0 saturated carbocycles. The van der Waals surface area contributed by atoms with Gasteiger partial charge in [0.2, 0.25) is 0 Å². The molecule has 0 aliphatic carbocycles. The number of nitrogens with zero attached hydrogens (tertiary/aromatic N) is 1. The van der Waals surface area contributed by atoms with Gasteiger partial charge in [-0.1, -0.05) is 13.8 Å². The Hall–Kier alpha value is -1.18. The van der Waals surface area contributed by atoms with Crippen molar-refractivity contribution < 1.29 is 0 Å². The Balaban J connectivity index is 3.25. The van der Waals surface area contributed by atoms with Crippen LogP contribution in [0.1, 0.15) is 25.0 Å². The van der Waals surface area contributed by atoms with Gasteiger partial charge in [-0.25, -0.2) is 0 Å². The highest BCUT2D eigenvalue weighted by molar-refractivity contribution is 5.63. The van der Waals surface area contributed by atoms with E-state index in [0.29, 0.717) is 0 Å². The van der Waals surface area contributed by atoms with Gasteiger partial charge in [0.05, 0.1) is 0 Å². The van der Waals surface area contributed by atoms with E-state index >= 15 is 0 Å². The van der Waals surface area contributed by atoms with E-state index in [4.69, 9.17) is 5.73 Å². The van der Waals surface area contributed by atoms with Crippen molar-refractivity contribution in [2.45, 2.75) is 26.7 Å². The molecule has 0 aliphatic heterocycles. The van der Waals surface area contributed by atoms with Crippen molar-refractivity contribution in [1.29, 1.82) is 0 Å². The minimum Gasteiger partial charge on any atom is -0.398 e. The quantitative estimate of drug-likeness (QED) is 0.745. The third kappa shape index (κ3) is 2.00. The molecular formula is C12H20N2. The van der Waals surface area contributed by atoms with Gasteiger partial charge < -0.3 is 10.6 Å². The molecule has 1 aromatic carbocycles. The molecule has 0 spiro atoms. The Morgan fingerprint density at radius 2 is 1.50 bits per heavy atom. The number of nitrogens with two attached hydrogens (primary N) is 1. The predicted octanol–water partition coefficient (Wildman–Crippen LogP) is 2.46. The molecule has 0 heterocycles. The molecule has 0 aromatic heterocycles. The predicted molar refractivity (Wildman–Crippen MR) is 63.9 cm³/mol. The van der Waals surface area contributed by atoms with E-state index in [2.05, 4.69) is 45.0 Å². The second-order valence-corrected chi connectivity index (χ2v) is 3.78. The first kappa shape index (κ1) is 10.9. The summed E-state index contributed by atoms with van der Waals surface area (Å²) in [5, 5.41) is 0. The van der Waals surface area contributed by atoms with Crippen molar-refractivity contribution >= 4 is 11.4 Å². The Kier molecular flexibility index (Phi) is 3.39. The van der Waals surface area contributed by atoms with E-state index < -0.39 is 0 Å². The van der Waals surface area contributed by atoms with Crippen LogP contribution in [0, 0.1) is 0 Å². The van der Waals surface area contributed by atoms with E-state index in [1.165, 1.54) is 16.8 Å². The molecule has 0 unspecified atom stereocenters. The van der Waals surface area contributed by atoms with Gasteiger partial charge in [0.1, 0.15) is 0 Å². The zero-order chi connectivity index (χ0) is 10.7. The van der Waals surface area contributed by atoms with Crippen LogP contribution in [0.5, 0.6) is 0 Å². The third-order valence-corrected chi connectivity index (χ3v) is 2.61. The largest absolute Gasteiger partial charge is 0.398 e. The Labute approximate surface area is 86.7 Å². The molecule has 0 radical (unpaired) electrons. The monoisotopic (exact) mass is 192 g/mol. The standard InChI is InChI=1S/C12H20N2/c1-5-9-7-11(14(3)4)8-10(6-2)12(9)13/h7-8H,5-6,13H2,1-4H3. The molecule has 78 valence electrons. The third-order valence-electron chi connectivity index (χ3n) is 2.61. The average molecular weight is 192 g/mol. The smallest absolute Gasteiger partial charge is 0.0380 e. The van der Waals surface area contributed by atoms with Crippen molar-refractivity contribution in [2.75, 3.05) is 24.7 Å². The van der Waals surface area contributed by atoms with Crippen LogP contribution in [0.15, 0.2) is 12.1 Å². The first-order chi connectivity index (χ1) is 6.60. The lowest BCUT2D eigenvalue weighted by Gasteiger charge is -2.17. The molecule has 0 amide bonds. The van der Waals surface area contributed by atoms with Crippen molar-refractivity contribution in [3.05, 3.63) is 23.3 Å². The minimum atomic E-state index is 0.973. The van der Waals surface area contributed by atoms with Crippen LogP contribution < -0.4 is 10.6 Å². The van der Waals surface area contributed by atoms with Crippen molar-refractivity contribution in [3.63, 3.8) is 0 Å². The minimum absolute atomic E-state index is 0.973. The van der Waals surface area contributed by atoms with Crippen molar-refractivity contribution in [2.24, 2.45) is 0 Å². The topological polar surface area (TPSA) is 29.3 Å². The fourth-order valence-corrected chi connectivity index (χ4v) is 1.60. The molecule has 0 fully saturated rings. The van der Waals surface area contributed by atoms with Crippen LogP contribution in [-0.4, -0.2) is 14.1 Å². The summed E-state index contributed by atoms with van der Waals surface area (Å²) in [6, 6.07) is 4.35. The first-order valence-electron chi connectivity index (χ1n) is 5.18. The zero-order valence-electron chi connectivity index (χ0n) is 9.59. The maximum absolute atomic E-state index is 6.05. The van der Waals surface area contributed by atoms with E-state index in [1.807, 2.05) is 0 Å². The van der Waals surface area contributed by atoms with Gasteiger partial charge in [0, 0.05) is 25.5 Å². The highest BCUT2D eigenvalue weighted by Crippen LogP contribution is 2.25. The average Bonchev–Trinajstić information content (AvgIpc) is 2.17. The molecule has 2 N–H and O–H groups in total. The van der Waals surface area contributed by atoms with E-state index in [-0.39, 0.29) is 0 Å². The number of rotatable bonds is 3. The van der Waals surface area contributed by atoms with Gasteiger partial charge >= 0.3 is 0 Å². The van der Waals surface area contributed by atoms with Crippen LogP contribution in [0.2, 0.25) is 0 Å². The molecule has 1 aromatic rings. The summed E-state index contributed by atoms with van der Waals surface area (Å²) in [5.41, 5.74) is 10.8. The Morgan fingerprint density at radius 3 is 1.79 bits per heavy atom. The first-order valence-corrected chi connectivity index (χ1v) is 5.18. The fourth-order valence-electron chi connectivity index (χ4n) is 1.60. The number of benzene rings is 1. The molecule has 0 aliphatic rings. The lowest BCUT2D eigenvalue weighted by atomic mass is 10.0. The molecule has 14 heavy (non-hydrogen) atoms. The van der Waals surface area contributed by atoms with Gasteiger partial charge in [-0.2, -0.15) is 0 Å². The summed E-state index contributed by atoms with van der Waals surface area (Å²) in [6.45, 7) is 4.29. The van der Waals surface area contributed by atoms with Crippen LogP contribution >= 0.6 is 0 Å². The molecule has 1 rings (SSSR count). The summed E-state index contributed by atoms with van der Waals surface area (Å²) in [4.78, 5) is 2.12. The number of anilines is 2. The zero-order valence-corrected chi connectivity index (χ0v) is 9.59.